The average molecular weight is 402 g/mol. The summed E-state index contributed by atoms with van der Waals surface area (Å²) >= 11 is 5.61. The maximum Gasteiger partial charge on any atom is 0.241 e. The summed E-state index contributed by atoms with van der Waals surface area (Å²) in [4.78, 5) is 13.7. The van der Waals surface area contributed by atoms with Crippen LogP contribution in [0.3, 0.4) is 0 Å². The number of likely N-dealkylation sites (tertiary alicyclic amines) is 1. The Labute approximate surface area is 155 Å². The first-order chi connectivity index (χ1) is 12.4. The van der Waals surface area contributed by atoms with Crippen molar-refractivity contribution >= 4 is 27.5 Å². The molecule has 0 aliphatic carbocycles. The number of aromatic nitrogens is 3. The molecule has 0 bridgehead atoms. The van der Waals surface area contributed by atoms with E-state index in [2.05, 4.69) is 15.0 Å². The summed E-state index contributed by atoms with van der Waals surface area (Å²) in [5.41, 5.74) is 0. The van der Waals surface area contributed by atoms with E-state index in [0.29, 0.717) is 13.1 Å². The highest BCUT2D eigenvalue weighted by Crippen LogP contribution is 2.21. The number of piperidine rings is 1. The van der Waals surface area contributed by atoms with Crippen molar-refractivity contribution in [3.05, 3.63) is 41.4 Å². The van der Waals surface area contributed by atoms with E-state index in [4.69, 9.17) is 11.6 Å². The number of nitrogens with one attached hydrogen (secondary N) is 1. The van der Waals surface area contributed by atoms with Gasteiger partial charge in [0.15, 0.2) is 0 Å². The SMILES string of the molecule is O=C(CNS(=O)(=O)c1ccc(F)c(Cl)c1)N1CCC(n2ccnn2)CC1. The van der Waals surface area contributed by atoms with Crippen LogP contribution in [0, 0.1) is 5.82 Å². The summed E-state index contributed by atoms with van der Waals surface area (Å²) in [6.07, 6.45) is 4.82. The molecule has 8 nitrogen and oxygen atoms in total. The van der Waals surface area contributed by atoms with Crippen LogP contribution in [-0.4, -0.2) is 53.9 Å². The molecular weight excluding hydrogens is 385 g/mol. The topological polar surface area (TPSA) is 97.2 Å². The van der Waals surface area contributed by atoms with Crippen LogP contribution in [0.5, 0.6) is 0 Å². The molecule has 1 aromatic heterocycles. The largest absolute Gasteiger partial charge is 0.341 e. The standard InChI is InChI=1S/C15H17ClFN5O3S/c16-13-9-12(1-2-14(13)17)26(24,25)19-10-15(23)21-6-3-11(4-7-21)22-8-5-18-20-22/h1-2,5,8-9,11,19H,3-4,6-7,10H2. The highest BCUT2D eigenvalue weighted by molar-refractivity contribution is 7.89. The van der Waals surface area contributed by atoms with Crippen molar-refractivity contribution in [3.63, 3.8) is 0 Å². The van der Waals surface area contributed by atoms with Crippen molar-refractivity contribution in [2.75, 3.05) is 19.6 Å². The van der Waals surface area contributed by atoms with E-state index in [1.807, 2.05) is 0 Å². The molecule has 1 saturated heterocycles. The van der Waals surface area contributed by atoms with Crippen LogP contribution in [-0.2, 0) is 14.8 Å². The second-order valence-electron chi connectivity index (χ2n) is 5.90. The number of hydrogen-bond acceptors (Lipinski definition) is 5. The molecule has 1 N–H and O–H groups in total. The lowest BCUT2D eigenvalue weighted by molar-refractivity contribution is -0.131. The first-order valence-corrected chi connectivity index (χ1v) is 9.81. The highest BCUT2D eigenvalue weighted by Gasteiger charge is 2.25. The summed E-state index contributed by atoms with van der Waals surface area (Å²) in [5, 5.41) is 7.43. The molecule has 2 heterocycles. The zero-order valence-corrected chi connectivity index (χ0v) is 15.2. The van der Waals surface area contributed by atoms with Crippen LogP contribution in [0.25, 0.3) is 0 Å². The second kappa shape index (κ2) is 7.68. The third-order valence-corrected chi connectivity index (χ3v) is 5.94. The molecule has 1 amide bonds. The number of sulfonamides is 1. The van der Waals surface area contributed by atoms with Gasteiger partial charge in [0, 0.05) is 19.3 Å². The Bertz CT molecular complexity index is 883. The van der Waals surface area contributed by atoms with E-state index in [0.717, 1.165) is 31.0 Å². The van der Waals surface area contributed by atoms with Crippen LogP contribution in [0.15, 0.2) is 35.5 Å². The molecule has 0 atom stereocenters. The van der Waals surface area contributed by atoms with Crippen molar-refractivity contribution in [3.8, 4) is 0 Å². The van der Waals surface area contributed by atoms with Crippen LogP contribution in [0.2, 0.25) is 5.02 Å². The van der Waals surface area contributed by atoms with E-state index in [1.54, 1.807) is 22.0 Å². The lowest BCUT2D eigenvalue weighted by Gasteiger charge is -2.31. The molecule has 0 radical (unpaired) electrons. The Hall–Kier alpha value is -2.04. The Morgan fingerprint density at radius 3 is 2.69 bits per heavy atom. The first-order valence-electron chi connectivity index (χ1n) is 7.95. The number of carbonyl (C=O) groups is 1. The Balaban J connectivity index is 1.54. The molecule has 0 unspecified atom stereocenters. The minimum atomic E-state index is -3.95. The van der Waals surface area contributed by atoms with Crippen LogP contribution in [0.1, 0.15) is 18.9 Å². The Morgan fingerprint density at radius 2 is 2.08 bits per heavy atom. The fourth-order valence-corrected chi connectivity index (χ4v) is 4.03. The van der Waals surface area contributed by atoms with E-state index in [-0.39, 0.29) is 28.4 Å². The number of amides is 1. The summed E-state index contributed by atoms with van der Waals surface area (Å²) in [6.45, 7) is 0.645. The van der Waals surface area contributed by atoms with Crippen molar-refractivity contribution in [2.24, 2.45) is 0 Å². The number of carbonyl (C=O) groups excluding carboxylic acids is 1. The molecule has 11 heteroatoms. The minimum Gasteiger partial charge on any atom is -0.341 e. The number of nitrogens with zero attached hydrogens (tertiary/aromatic N) is 4. The maximum atomic E-state index is 13.2. The summed E-state index contributed by atoms with van der Waals surface area (Å²) in [5.74, 6) is -1.03. The molecule has 2 aromatic rings. The van der Waals surface area contributed by atoms with Crippen LogP contribution >= 0.6 is 11.6 Å². The summed E-state index contributed by atoms with van der Waals surface area (Å²) in [7, 11) is -3.95. The Morgan fingerprint density at radius 1 is 1.35 bits per heavy atom. The van der Waals surface area contributed by atoms with Crippen LogP contribution < -0.4 is 4.72 Å². The van der Waals surface area contributed by atoms with Crippen molar-refractivity contribution in [1.29, 1.82) is 0 Å². The van der Waals surface area contributed by atoms with Gasteiger partial charge in [-0.2, -0.15) is 0 Å². The fraction of sp³-hybridized carbons (Fsp3) is 0.400. The molecule has 0 saturated carbocycles. The number of halogens is 2. The Kier molecular flexibility index (Phi) is 5.54. The van der Waals surface area contributed by atoms with Gasteiger partial charge >= 0.3 is 0 Å². The summed E-state index contributed by atoms with van der Waals surface area (Å²) < 4.78 is 41.6. The molecule has 1 aliphatic heterocycles. The molecule has 0 spiro atoms. The first kappa shape index (κ1) is 18.7. The molecule has 1 fully saturated rings. The van der Waals surface area contributed by atoms with E-state index < -0.39 is 15.8 Å². The smallest absolute Gasteiger partial charge is 0.241 e. The zero-order valence-electron chi connectivity index (χ0n) is 13.7. The number of rotatable bonds is 5. The fourth-order valence-electron chi connectivity index (χ4n) is 2.79. The quantitative estimate of drug-likeness (QED) is 0.812. The van der Waals surface area contributed by atoms with Gasteiger partial charge in [-0.1, -0.05) is 16.8 Å². The van der Waals surface area contributed by atoms with E-state index in [9.17, 15) is 17.6 Å². The molecule has 26 heavy (non-hydrogen) atoms. The highest BCUT2D eigenvalue weighted by atomic mass is 35.5. The number of benzene rings is 1. The molecule has 140 valence electrons. The van der Waals surface area contributed by atoms with Crippen molar-refractivity contribution in [2.45, 2.75) is 23.8 Å². The van der Waals surface area contributed by atoms with Crippen molar-refractivity contribution in [1.82, 2.24) is 24.6 Å². The van der Waals surface area contributed by atoms with Gasteiger partial charge in [0.05, 0.1) is 28.7 Å². The number of hydrogen-bond donors (Lipinski definition) is 1. The zero-order chi connectivity index (χ0) is 18.7. The predicted molar refractivity (Wildman–Crippen MR) is 91.5 cm³/mol. The monoisotopic (exact) mass is 401 g/mol. The average Bonchev–Trinajstić information content (AvgIpc) is 3.17. The molecular formula is C15H17ClFN5O3S. The van der Waals surface area contributed by atoms with Gasteiger partial charge < -0.3 is 4.90 Å². The third-order valence-electron chi connectivity index (χ3n) is 4.25. The van der Waals surface area contributed by atoms with Crippen LogP contribution in [0.4, 0.5) is 4.39 Å². The van der Waals surface area contributed by atoms with E-state index >= 15 is 0 Å². The van der Waals surface area contributed by atoms with Gasteiger partial charge in [0.25, 0.3) is 0 Å². The van der Waals surface area contributed by atoms with Gasteiger partial charge in [0.2, 0.25) is 15.9 Å². The van der Waals surface area contributed by atoms with E-state index in [1.165, 1.54) is 0 Å². The third kappa shape index (κ3) is 4.19. The van der Waals surface area contributed by atoms with Crippen molar-refractivity contribution < 1.29 is 17.6 Å². The van der Waals surface area contributed by atoms with Gasteiger partial charge in [-0.25, -0.2) is 22.2 Å². The normalized spacial score (nSPS) is 16.0. The van der Waals surface area contributed by atoms with Gasteiger partial charge in [-0.15, -0.1) is 5.10 Å². The molecule has 1 aliphatic rings. The maximum absolute atomic E-state index is 13.2. The van der Waals surface area contributed by atoms with Gasteiger partial charge in [-0.3, -0.25) is 4.79 Å². The predicted octanol–water partition coefficient (Wildman–Crippen LogP) is 1.21. The second-order valence-corrected chi connectivity index (χ2v) is 8.07. The molecule has 1 aromatic carbocycles. The molecule has 3 rings (SSSR count). The summed E-state index contributed by atoms with van der Waals surface area (Å²) in [6, 6.07) is 3.25. The van der Waals surface area contributed by atoms with Gasteiger partial charge in [0.1, 0.15) is 5.82 Å². The minimum absolute atomic E-state index is 0.180. The lowest BCUT2D eigenvalue weighted by Crippen LogP contribution is -2.44. The van der Waals surface area contributed by atoms with Gasteiger partial charge in [-0.05, 0) is 31.0 Å². The lowest BCUT2D eigenvalue weighted by atomic mass is 10.1.